The summed E-state index contributed by atoms with van der Waals surface area (Å²) < 4.78 is 6.80. The Morgan fingerprint density at radius 3 is 2.94 bits per heavy atom. The molecule has 2 aromatic rings. The van der Waals surface area contributed by atoms with E-state index in [0.29, 0.717) is 12.4 Å². The second-order valence-electron chi connectivity index (χ2n) is 3.85. The van der Waals surface area contributed by atoms with Crippen LogP contribution in [-0.2, 0) is 13.6 Å². The molecule has 0 unspecified atom stereocenters. The Bertz CT molecular complexity index is 602. The zero-order valence-electron chi connectivity index (χ0n) is 10.5. The standard InChI is InChI=1S/C11H15N5O2/c1-7-8(5-15-16(7)2)4-12-10-9(18-3)11(17)14-6-13-10/h5-6H,4H2,1-3H3,(H2,12,13,14,17). The number of rotatable bonds is 4. The number of hydrogen-bond donors (Lipinski definition) is 2. The van der Waals surface area contributed by atoms with Crippen molar-refractivity contribution in [3.63, 3.8) is 0 Å². The van der Waals surface area contributed by atoms with Gasteiger partial charge in [0.05, 0.1) is 19.6 Å². The molecule has 0 fully saturated rings. The first kappa shape index (κ1) is 12.2. The largest absolute Gasteiger partial charge is 0.489 e. The molecule has 0 bridgehead atoms. The van der Waals surface area contributed by atoms with Crippen LogP contribution in [-0.4, -0.2) is 26.9 Å². The number of H-pyrrole nitrogens is 1. The first-order valence-electron chi connectivity index (χ1n) is 5.46. The lowest BCUT2D eigenvalue weighted by atomic mass is 10.2. The highest BCUT2D eigenvalue weighted by atomic mass is 16.5. The fourth-order valence-electron chi connectivity index (χ4n) is 1.60. The van der Waals surface area contributed by atoms with Gasteiger partial charge in [-0.3, -0.25) is 9.48 Å². The molecule has 0 saturated heterocycles. The van der Waals surface area contributed by atoms with Crippen molar-refractivity contribution in [2.45, 2.75) is 13.5 Å². The zero-order chi connectivity index (χ0) is 13.1. The molecular weight excluding hydrogens is 234 g/mol. The van der Waals surface area contributed by atoms with Gasteiger partial charge >= 0.3 is 0 Å². The molecule has 18 heavy (non-hydrogen) atoms. The quantitative estimate of drug-likeness (QED) is 0.821. The molecule has 0 amide bonds. The highest BCUT2D eigenvalue weighted by Crippen LogP contribution is 2.16. The molecule has 0 spiro atoms. The zero-order valence-corrected chi connectivity index (χ0v) is 10.5. The second kappa shape index (κ2) is 4.91. The van der Waals surface area contributed by atoms with Gasteiger partial charge in [-0.2, -0.15) is 5.10 Å². The topological polar surface area (TPSA) is 84.8 Å². The number of nitrogens with one attached hydrogen (secondary N) is 2. The summed E-state index contributed by atoms with van der Waals surface area (Å²) in [6.07, 6.45) is 3.12. The molecule has 0 aliphatic rings. The molecule has 0 atom stereocenters. The summed E-state index contributed by atoms with van der Waals surface area (Å²) in [6.45, 7) is 2.51. The maximum atomic E-state index is 11.5. The maximum Gasteiger partial charge on any atom is 0.295 e. The Morgan fingerprint density at radius 1 is 1.56 bits per heavy atom. The minimum absolute atomic E-state index is 0.180. The Kier molecular flexibility index (Phi) is 3.31. The Labute approximate surface area is 104 Å². The number of ether oxygens (including phenoxy) is 1. The molecule has 2 rings (SSSR count). The number of nitrogens with zero attached hydrogens (tertiary/aromatic N) is 3. The predicted octanol–water partition coefficient (Wildman–Crippen LogP) is 0.433. The molecule has 0 saturated carbocycles. The van der Waals surface area contributed by atoms with E-state index < -0.39 is 0 Å². The van der Waals surface area contributed by atoms with Crippen molar-refractivity contribution in [3.05, 3.63) is 34.1 Å². The third-order valence-electron chi connectivity index (χ3n) is 2.80. The van der Waals surface area contributed by atoms with E-state index in [-0.39, 0.29) is 11.3 Å². The Hall–Kier alpha value is -2.31. The van der Waals surface area contributed by atoms with Gasteiger partial charge in [0.25, 0.3) is 5.56 Å². The van der Waals surface area contributed by atoms with E-state index in [9.17, 15) is 4.79 Å². The van der Waals surface area contributed by atoms with Gasteiger partial charge in [0.1, 0.15) is 0 Å². The number of aryl methyl sites for hydroxylation is 1. The van der Waals surface area contributed by atoms with E-state index in [0.717, 1.165) is 11.3 Å². The smallest absolute Gasteiger partial charge is 0.295 e. The number of hydrogen-bond acceptors (Lipinski definition) is 5. The summed E-state index contributed by atoms with van der Waals surface area (Å²) in [5, 5.41) is 7.21. The molecule has 0 radical (unpaired) electrons. The highest BCUT2D eigenvalue weighted by molar-refractivity contribution is 5.48. The summed E-state index contributed by atoms with van der Waals surface area (Å²) in [7, 11) is 3.32. The van der Waals surface area contributed by atoms with Crippen LogP contribution in [0, 0.1) is 6.92 Å². The molecular formula is C11H15N5O2. The Balaban J connectivity index is 2.18. The normalized spacial score (nSPS) is 10.4. The van der Waals surface area contributed by atoms with E-state index in [1.54, 1.807) is 10.9 Å². The van der Waals surface area contributed by atoms with Gasteiger partial charge in [0.15, 0.2) is 5.82 Å². The minimum Gasteiger partial charge on any atom is -0.489 e. The van der Waals surface area contributed by atoms with E-state index >= 15 is 0 Å². The molecule has 96 valence electrons. The lowest BCUT2D eigenvalue weighted by Gasteiger charge is -2.08. The molecule has 2 heterocycles. The van der Waals surface area contributed by atoms with Crippen LogP contribution in [0.15, 0.2) is 17.3 Å². The van der Waals surface area contributed by atoms with Crippen molar-refractivity contribution in [1.29, 1.82) is 0 Å². The molecule has 0 aliphatic carbocycles. The van der Waals surface area contributed by atoms with Crippen molar-refractivity contribution in [1.82, 2.24) is 19.7 Å². The van der Waals surface area contributed by atoms with Crippen LogP contribution >= 0.6 is 0 Å². The van der Waals surface area contributed by atoms with Gasteiger partial charge in [-0.25, -0.2) is 4.98 Å². The number of methoxy groups -OCH3 is 1. The molecule has 0 aromatic carbocycles. The predicted molar refractivity (Wildman–Crippen MR) is 66.7 cm³/mol. The van der Waals surface area contributed by atoms with Crippen LogP contribution in [0.25, 0.3) is 0 Å². The lowest BCUT2D eigenvalue weighted by molar-refractivity contribution is 0.408. The molecule has 2 aromatic heterocycles. The molecule has 7 nitrogen and oxygen atoms in total. The van der Waals surface area contributed by atoms with Gasteiger partial charge in [-0.1, -0.05) is 0 Å². The average Bonchev–Trinajstić information content (AvgIpc) is 2.68. The van der Waals surface area contributed by atoms with Gasteiger partial charge in [-0.05, 0) is 6.92 Å². The average molecular weight is 249 g/mol. The van der Waals surface area contributed by atoms with Crippen LogP contribution < -0.4 is 15.6 Å². The summed E-state index contributed by atoms with van der Waals surface area (Å²) in [5.74, 6) is 0.601. The van der Waals surface area contributed by atoms with Gasteiger partial charge in [-0.15, -0.1) is 0 Å². The number of aromatic nitrogens is 4. The Morgan fingerprint density at radius 2 is 2.33 bits per heavy atom. The summed E-state index contributed by atoms with van der Waals surface area (Å²) in [6, 6.07) is 0. The first-order chi connectivity index (χ1) is 8.63. The van der Waals surface area contributed by atoms with Crippen molar-refractivity contribution in [2.75, 3.05) is 12.4 Å². The van der Waals surface area contributed by atoms with E-state index in [2.05, 4.69) is 20.4 Å². The van der Waals surface area contributed by atoms with Crippen LogP contribution in [0.2, 0.25) is 0 Å². The van der Waals surface area contributed by atoms with Crippen molar-refractivity contribution in [3.8, 4) is 5.75 Å². The maximum absolute atomic E-state index is 11.5. The number of aromatic amines is 1. The van der Waals surface area contributed by atoms with E-state index in [1.165, 1.54) is 13.4 Å². The molecule has 7 heteroatoms. The van der Waals surface area contributed by atoms with Crippen LogP contribution in [0.5, 0.6) is 5.75 Å². The van der Waals surface area contributed by atoms with Crippen LogP contribution in [0.3, 0.4) is 0 Å². The van der Waals surface area contributed by atoms with Gasteiger partial charge in [0, 0.05) is 24.8 Å². The SMILES string of the molecule is COc1c(NCc2cnn(C)c2C)nc[nH]c1=O. The van der Waals surface area contributed by atoms with Crippen LogP contribution in [0.1, 0.15) is 11.3 Å². The van der Waals surface area contributed by atoms with Crippen molar-refractivity contribution < 1.29 is 4.74 Å². The van der Waals surface area contributed by atoms with Gasteiger partial charge in [0.2, 0.25) is 5.75 Å². The third kappa shape index (κ3) is 2.20. The van der Waals surface area contributed by atoms with Crippen molar-refractivity contribution >= 4 is 5.82 Å². The summed E-state index contributed by atoms with van der Waals surface area (Å²) in [5.41, 5.74) is 1.80. The fourth-order valence-corrected chi connectivity index (χ4v) is 1.60. The van der Waals surface area contributed by atoms with Gasteiger partial charge < -0.3 is 15.0 Å². The van der Waals surface area contributed by atoms with Crippen molar-refractivity contribution in [2.24, 2.45) is 7.05 Å². The summed E-state index contributed by atoms with van der Waals surface area (Å²) >= 11 is 0. The molecule has 2 N–H and O–H groups in total. The minimum atomic E-state index is -0.307. The molecule has 0 aliphatic heterocycles. The fraction of sp³-hybridized carbons (Fsp3) is 0.364. The van der Waals surface area contributed by atoms with Crippen LogP contribution in [0.4, 0.5) is 5.82 Å². The third-order valence-corrected chi connectivity index (χ3v) is 2.80. The number of anilines is 1. The van der Waals surface area contributed by atoms with E-state index in [1.807, 2.05) is 14.0 Å². The van der Waals surface area contributed by atoms with E-state index in [4.69, 9.17) is 4.74 Å². The highest BCUT2D eigenvalue weighted by Gasteiger charge is 2.09. The summed E-state index contributed by atoms with van der Waals surface area (Å²) in [4.78, 5) is 18.0. The first-order valence-corrected chi connectivity index (χ1v) is 5.46. The monoisotopic (exact) mass is 249 g/mol. The second-order valence-corrected chi connectivity index (χ2v) is 3.85. The lowest BCUT2D eigenvalue weighted by Crippen LogP contribution is -2.14.